The molecule has 0 aromatic heterocycles. The molecule has 1 aliphatic rings. The summed E-state index contributed by atoms with van der Waals surface area (Å²) < 4.78 is 4.59. The highest BCUT2D eigenvalue weighted by molar-refractivity contribution is 6.18. The van der Waals surface area contributed by atoms with Crippen LogP contribution in [0.5, 0.6) is 0 Å². The van der Waals surface area contributed by atoms with Gasteiger partial charge in [-0.15, -0.1) is 6.58 Å². The van der Waals surface area contributed by atoms with E-state index in [0.717, 1.165) is 0 Å². The summed E-state index contributed by atoms with van der Waals surface area (Å²) in [5.74, 6) is -0.507. The van der Waals surface area contributed by atoms with Crippen LogP contribution in [-0.4, -0.2) is 35.5 Å². The van der Waals surface area contributed by atoms with Gasteiger partial charge >= 0.3 is 5.97 Å². The molecule has 0 atom stereocenters. The van der Waals surface area contributed by atoms with Crippen molar-refractivity contribution in [3.8, 4) is 0 Å². The minimum Gasteiger partial charge on any atom is -0.465 e. The minimum absolute atomic E-state index is 0.00222. The smallest absolute Gasteiger partial charge is 0.341 e. The summed E-state index contributed by atoms with van der Waals surface area (Å²) >= 11 is 0. The summed E-state index contributed by atoms with van der Waals surface area (Å²) in [5.41, 5.74) is 5.32. The predicted octanol–water partition coefficient (Wildman–Crippen LogP) is 0.542. The number of hydrogen-bond acceptors (Lipinski definition) is 5. The van der Waals surface area contributed by atoms with Gasteiger partial charge in [0.15, 0.2) is 0 Å². The third-order valence-electron chi connectivity index (χ3n) is 2.90. The van der Waals surface area contributed by atoms with Crippen LogP contribution >= 0.6 is 0 Å². The highest BCUT2D eigenvalue weighted by atomic mass is 16.5. The molecule has 1 saturated carbocycles. The standard InChI is InChI=1S/C12H18N2O3/c1-4-12(16)5-9(6-12)14-8(2)10(7-13)11(15)17-3/h4,7,9,16H,1,5-6,13H2,2-3H3. The van der Waals surface area contributed by atoms with Gasteiger partial charge in [-0.05, 0) is 6.92 Å². The van der Waals surface area contributed by atoms with Gasteiger partial charge in [0.1, 0.15) is 0 Å². The number of methoxy groups -OCH3 is 1. The van der Waals surface area contributed by atoms with E-state index in [9.17, 15) is 9.90 Å². The first-order valence-corrected chi connectivity index (χ1v) is 5.36. The van der Waals surface area contributed by atoms with Crippen LogP contribution in [0.1, 0.15) is 19.8 Å². The Bertz CT molecular complexity index is 379. The van der Waals surface area contributed by atoms with Gasteiger partial charge in [0.2, 0.25) is 0 Å². The first-order chi connectivity index (χ1) is 7.95. The molecule has 0 bridgehead atoms. The number of aliphatic hydroxyl groups is 1. The number of hydrogen-bond donors (Lipinski definition) is 2. The fraction of sp³-hybridized carbons (Fsp3) is 0.500. The molecule has 0 heterocycles. The maximum atomic E-state index is 11.3. The molecule has 0 unspecified atom stereocenters. The van der Waals surface area contributed by atoms with Gasteiger partial charge < -0.3 is 15.6 Å². The largest absolute Gasteiger partial charge is 0.465 e. The third kappa shape index (κ3) is 2.94. The second-order valence-corrected chi connectivity index (χ2v) is 4.16. The summed E-state index contributed by atoms with van der Waals surface area (Å²) in [4.78, 5) is 15.7. The molecule has 5 nitrogen and oxygen atoms in total. The molecule has 0 saturated heterocycles. The summed E-state index contributed by atoms with van der Waals surface area (Å²) in [7, 11) is 1.29. The maximum absolute atomic E-state index is 11.3. The fourth-order valence-corrected chi connectivity index (χ4v) is 1.80. The molecule has 0 aromatic carbocycles. The summed E-state index contributed by atoms with van der Waals surface area (Å²) in [5, 5.41) is 9.73. The Labute approximate surface area is 101 Å². The predicted molar refractivity (Wildman–Crippen MR) is 65.6 cm³/mol. The van der Waals surface area contributed by atoms with Crippen LogP contribution in [0.3, 0.4) is 0 Å². The zero-order chi connectivity index (χ0) is 13.1. The molecule has 5 heteroatoms. The van der Waals surface area contributed by atoms with Crippen LogP contribution in [-0.2, 0) is 9.53 Å². The maximum Gasteiger partial charge on any atom is 0.341 e. The molecule has 0 spiro atoms. The van der Waals surface area contributed by atoms with Gasteiger partial charge in [0.05, 0.1) is 24.3 Å². The average molecular weight is 238 g/mol. The number of esters is 1. The van der Waals surface area contributed by atoms with E-state index in [-0.39, 0.29) is 11.6 Å². The monoisotopic (exact) mass is 238 g/mol. The van der Waals surface area contributed by atoms with Crippen molar-refractivity contribution >= 4 is 11.7 Å². The van der Waals surface area contributed by atoms with Crippen LogP contribution in [0.15, 0.2) is 29.4 Å². The van der Waals surface area contributed by atoms with Gasteiger partial charge in [0.25, 0.3) is 0 Å². The summed E-state index contributed by atoms with van der Waals surface area (Å²) in [6, 6.07) is -0.00222. The van der Waals surface area contributed by atoms with E-state index in [1.54, 1.807) is 6.92 Å². The van der Waals surface area contributed by atoms with E-state index in [2.05, 4.69) is 16.3 Å². The van der Waals surface area contributed by atoms with Crippen molar-refractivity contribution in [1.82, 2.24) is 0 Å². The Balaban J connectivity index is 2.68. The topological polar surface area (TPSA) is 84.9 Å². The molecule has 0 radical (unpaired) electrons. The molecule has 0 aliphatic heterocycles. The van der Waals surface area contributed by atoms with E-state index in [1.807, 2.05) is 0 Å². The molecular formula is C12H18N2O3. The average Bonchev–Trinajstić information content (AvgIpc) is 2.27. The van der Waals surface area contributed by atoms with Crippen LogP contribution in [0, 0.1) is 0 Å². The first-order valence-electron chi connectivity index (χ1n) is 5.36. The van der Waals surface area contributed by atoms with Crippen LogP contribution in [0.2, 0.25) is 0 Å². The lowest BCUT2D eigenvalue weighted by Crippen LogP contribution is -2.44. The van der Waals surface area contributed by atoms with Crippen molar-refractivity contribution in [2.45, 2.75) is 31.4 Å². The van der Waals surface area contributed by atoms with Gasteiger partial charge in [0, 0.05) is 24.8 Å². The highest BCUT2D eigenvalue weighted by Crippen LogP contribution is 2.35. The minimum atomic E-state index is -0.813. The van der Waals surface area contributed by atoms with E-state index in [1.165, 1.54) is 19.4 Å². The van der Waals surface area contributed by atoms with Gasteiger partial charge in [-0.25, -0.2) is 4.79 Å². The number of carbonyl (C=O) groups excluding carboxylic acids is 1. The Morgan fingerprint density at radius 3 is 2.65 bits per heavy atom. The second kappa shape index (κ2) is 5.14. The summed E-state index contributed by atoms with van der Waals surface area (Å²) in [6.45, 7) is 5.25. The molecule has 94 valence electrons. The number of ether oxygens (including phenoxy) is 1. The van der Waals surface area contributed by atoms with E-state index < -0.39 is 11.6 Å². The van der Waals surface area contributed by atoms with Crippen molar-refractivity contribution < 1.29 is 14.6 Å². The lowest BCUT2D eigenvalue weighted by molar-refractivity contribution is -0.135. The number of rotatable bonds is 4. The van der Waals surface area contributed by atoms with Crippen molar-refractivity contribution in [2.24, 2.45) is 10.7 Å². The van der Waals surface area contributed by atoms with Gasteiger partial charge in [-0.3, -0.25) is 4.99 Å². The Morgan fingerprint density at radius 2 is 2.24 bits per heavy atom. The SMILES string of the molecule is C=CC1(O)CC(N=C(C)C(=CN)C(=O)OC)C1. The van der Waals surface area contributed by atoms with E-state index in [4.69, 9.17) is 5.73 Å². The molecule has 0 aromatic rings. The first kappa shape index (κ1) is 13.4. The Hall–Kier alpha value is -1.62. The van der Waals surface area contributed by atoms with E-state index in [0.29, 0.717) is 18.6 Å². The van der Waals surface area contributed by atoms with Crippen LogP contribution < -0.4 is 5.73 Å². The van der Waals surface area contributed by atoms with Crippen molar-refractivity contribution in [3.63, 3.8) is 0 Å². The molecule has 1 fully saturated rings. The zero-order valence-corrected chi connectivity index (χ0v) is 10.1. The molecule has 1 aliphatic carbocycles. The number of nitrogens with zero attached hydrogens (tertiary/aromatic N) is 1. The second-order valence-electron chi connectivity index (χ2n) is 4.16. The molecule has 0 amide bonds. The van der Waals surface area contributed by atoms with Crippen molar-refractivity contribution in [2.75, 3.05) is 7.11 Å². The normalized spacial score (nSPS) is 29.5. The zero-order valence-electron chi connectivity index (χ0n) is 10.1. The summed E-state index contributed by atoms with van der Waals surface area (Å²) in [6.07, 6.45) is 3.75. The highest BCUT2D eigenvalue weighted by Gasteiger charge is 2.40. The lowest BCUT2D eigenvalue weighted by atomic mass is 9.76. The molecule has 17 heavy (non-hydrogen) atoms. The Kier molecular flexibility index (Phi) is 4.07. The number of aliphatic imine (C=N–C) groups is 1. The number of carbonyl (C=O) groups is 1. The lowest BCUT2D eigenvalue weighted by Gasteiger charge is -2.39. The molecular weight excluding hydrogens is 220 g/mol. The van der Waals surface area contributed by atoms with Crippen molar-refractivity contribution in [1.29, 1.82) is 0 Å². The van der Waals surface area contributed by atoms with Crippen LogP contribution in [0.4, 0.5) is 0 Å². The number of nitrogens with two attached hydrogens (primary N) is 1. The third-order valence-corrected chi connectivity index (χ3v) is 2.90. The van der Waals surface area contributed by atoms with Crippen LogP contribution in [0.25, 0.3) is 0 Å². The van der Waals surface area contributed by atoms with Gasteiger partial charge in [-0.2, -0.15) is 0 Å². The van der Waals surface area contributed by atoms with E-state index >= 15 is 0 Å². The molecule has 3 N–H and O–H groups in total. The molecule has 1 rings (SSSR count). The fourth-order valence-electron chi connectivity index (χ4n) is 1.80. The Morgan fingerprint density at radius 1 is 1.65 bits per heavy atom. The quantitative estimate of drug-likeness (QED) is 0.324. The van der Waals surface area contributed by atoms with Gasteiger partial charge in [-0.1, -0.05) is 6.08 Å². The van der Waals surface area contributed by atoms with Crippen molar-refractivity contribution in [3.05, 3.63) is 24.4 Å².